The molecule has 5 heteroatoms. The molecule has 0 aliphatic rings. The first-order valence-corrected chi connectivity index (χ1v) is 5.33. The highest BCUT2D eigenvalue weighted by Gasteiger charge is 2.16. The maximum Gasteiger partial charge on any atom is 0.295 e. The van der Waals surface area contributed by atoms with Gasteiger partial charge in [-0.1, -0.05) is 25.8 Å². The van der Waals surface area contributed by atoms with Gasteiger partial charge in [0, 0.05) is 12.6 Å². The summed E-state index contributed by atoms with van der Waals surface area (Å²) >= 11 is 0. The second kappa shape index (κ2) is 6.05. The molecule has 0 heterocycles. The molecule has 0 atom stereocenters. The van der Waals surface area contributed by atoms with E-state index in [9.17, 15) is 14.5 Å². The SMILES string of the molecule is CCCCCNc1c(F)cccc1[N+](=O)[O-]. The van der Waals surface area contributed by atoms with E-state index in [2.05, 4.69) is 12.2 Å². The molecule has 1 N–H and O–H groups in total. The number of hydrogen-bond acceptors (Lipinski definition) is 3. The molecule has 0 aliphatic heterocycles. The summed E-state index contributed by atoms with van der Waals surface area (Å²) in [5.41, 5.74) is -0.222. The van der Waals surface area contributed by atoms with E-state index in [0.29, 0.717) is 6.54 Å². The minimum absolute atomic E-state index is 0.0106. The number of nitro groups is 1. The summed E-state index contributed by atoms with van der Waals surface area (Å²) in [6.07, 6.45) is 2.96. The Hall–Kier alpha value is -1.65. The number of halogens is 1. The van der Waals surface area contributed by atoms with Gasteiger partial charge in [-0.05, 0) is 12.5 Å². The van der Waals surface area contributed by atoms with E-state index in [-0.39, 0.29) is 11.4 Å². The summed E-state index contributed by atoms with van der Waals surface area (Å²) in [6.45, 7) is 2.61. The Bertz CT molecular complexity index is 369. The Morgan fingerprint density at radius 3 is 2.81 bits per heavy atom. The number of benzene rings is 1. The van der Waals surface area contributed by atoms with Crippen LogP contribution in [0.2, 0.25) is 0 Å². The first kappa shape index (κ1) is 12.4. The van der Waals surface area contributed by atoms with Crippen LogP contribution in [0.25, 0.3) is 0 Å². The van der Waals surface area contributed by atoms with E-state index in [1.807, 2.05) is 0 Å². The third kappa shape index (κ3) is 3.18. The van der Waals surface area contributed by atoms with Gasteiger partial charge in [-0.15, -0.1) is 0 Å². The summed E-state index contributed by atoms with van der Waals surface area (Å²) in [6, 6.07) is 3.85. The largest absolute Gasteiger partial charge is 0.377 e. The van der Waals surface area contributed by atoms with Crippen LogP contribution in [0.5, 0.6) is 0 Å². The minimum Gasteiger partial charge on any atom is -0.377 e. The second-order valence-electron chi connectivity index (χ2n) is 3.52. The zero-order valence-corrected chi connectivity index (χ0v) is 9.20. The van der Waals surface area contributed by atoms with E-state index in [0.717, 1.165) is 19.3 Å². The Balaban J connectivity index is 2.73. The van der Waals surface area contributed by atoms with Gasteiger partial charge in [0.25, 0.3) is 5.69 Å². The van der Waals surface area contributed by atoms with Gasteiger partial charge in [-0.3, -0.25) is 10.1 Å². The smallest absolute Gasteiger partial charge is 0.295 e. The van der Waals surface area contributed by atoms with Gasteiger partial charge in [0.05, 0.1) is 4.92 Å². The van der Waals surface area contributed by atoms with Crippen molar-refractivity contribution >= 4 is 11.4 Å². The van der Waals surface area contributed by atoms with Crippen LogP contribution in [0.4, 0.5) is 15.8 Å². The van der Waals surface area contributed by atoms with Gasteiger partial charge >= 0.3 is 0 Å². The van der Waals surface area contributed by atoms with Crippen LogP contribution in [0.15, 0.2) is 18.2 Å². The molecule has 0 amide bonds. The van der Waals surface area contributed by atoms with Gasteiger partial charge in [0.2, 0.25) is 0 Å². The van der Waals surface area contributed by atoms with Crippen molar-refractivity contribution < 1.29 is 9.31 Å². The van der Waals surface area contributed by atoms with Gasteiger partial charge in [-0.25, -0.2) is 4.39 Å². The molecule has 0 saturated heterocycles. The van der Waals surface area contributed by atoms with Crippen LogP contribution in [0.1, 0.15) is 26.2 Å². The maximum absolute atomic E-state index is 13.4. The van der Waals surface area contributed by atoms with Crippen molar-refractivity contribution in [1.29, 1.82) is 0 Å². The van der Waals surface area contributed by atoms with E-state index < -0.39 is 10.7 Å². The molecule has 1 rings (SSSR count). The average Bonchev–Trinajstić information content (AvgIpc) is 2.25. The number of hydrogen-bond donors (Lipinski definition) is 1. The van der Waals surface area contributed by atoms with E-state index in [4.69, 9.17) is 0 Å². The molecule has 0 saturated carbocycles. The Morgan fingerprint density at radius 1 is 1.44 bits per heavy atom. The fraction of sp³-hybridized carbons (Fsp3) is 0.455. The number of anilines is 1. The van der Waals surface area contributed by atoms with E-state index in [1.54, 1.807) is 0 Å². The first-order chi connectivity index (χ1) is 7.66. The number of nitro benzene ring substituents is 1. The summed E-state index contributed by atoms with van der Waals surface area (Å²) in [5, 5.41) is 13.4. The van der Waals surface area contributed by atoms with Crippen molar-refractivity contribution in [2.75, 3.05) is 11.9 Å². The molecule has 4 nitrogen and oxygen atoms in total. The molecule has 0 fully saturated rings. The van der Waals surface area contributed by atoms with E-state index in [1.165, 1.54) is 18.2 Å². The van der Waals surface area contributed by atoms with Crippen LogP contribution >= 0.6 is 0 Å². The number of nitrogens with zero attached hydrogens (tertiary/aromatic N) is 1. The van der Waals surface area contributed by atoms with Crippen LogP contribution in [0, 0.1) is 15.9 Å². The topological polar surface area (TPSA) is 55.2 Å². The lowest BCUT2D eigenvalue weighted by Crippen LogP contribution is -2.06. The molecule has 0 radical (unpaired) electrons. The summed E-state index contributed by atoms with van der Waals surface area (Å²) in [5.74, 6) is -0.578. The maximum atomic E-state index is 13.4. The Labute approximate surface area is 93.6 Å². The molecule has 1 aromatic carbocycles. The molecule has 88 valence electrons. The lowest BCUT2D eigenvalue weighted by atomic mass is 10.2. The van der Waals surface area contributed by atoms with Crippen molar-refractivity contribution in [2.24, 2.45) is 0 Å². The number of unbranched alkanes of at least 4 members (excludes halogenated alkanes) is 2. The summed E-state index contributed by atoms with van der Waals surface area (Å²) < 4.78 is 13.4. The number of rotatable bonds is 6. The molecular formula is C11H15FN2O2. The van der Waals surface area contributed by atoms with Gasteiger partial charge in [0.1, 0.15) is 5.69 Å². The Kier molecular flexibility index (Phi) is 4.69. The molecule has 0 unspecified atom stereocenters. The van der Waals surface area contributed by atoms with Crippen molar-refractivity contribution in [3.8, 4) is 0 Å². The lowest BCUT2D eigenvalue weighted by molar-refractivity contribution is -0.384. The Morgan fingerprint density at radius 2 is 2.19 bits per heavy atom. The molecule has 0 aliphatic carbocycles. The highest BCUT2D eigenvalue weighted by Crippen LogP contribution is 2.26. The number of para-hydroxylation sites is 1. The standard InChI is InChI=1S/C11H15FN2O2/c1-2-3-4-8-13-11-9(12)6-5-7-10(11)14(15)16/h5-7,13H,2-4,8H2,1H3. The predicted octanol–water partition coefficient (Wildman–Crippen LogP) is 3.34. The van der Waals surface area contributed by atoms with Crippen molar-refractivity contribution in [3.63, 3.8) is 0 Å². The quantitative estimate of drug-likeness (QED) is 0.460. The molecule has 1 aromatic rings. The molecule has 0 bridgehead atoms. The zero-order valence-electron chi connectivity index (χ0n) is 9.20. The van der Waals surface area contributed by atoms with Gasteiger partial charge in [0.15, 0.2) is 5.82 Å². The highest BCUT2D eigenvalue weighted by molar-refractivity contribution is 5.62. The van der Waals surface area contributed by atoms with Crippen molar-refractivity contribution in [2.45, 2.75) is 26.2 Å². The van der Waals surface area contributed by atoms with Crippen LogP contribution in [0.3, 0.4) is 0 Å². The highest BCUT2D eigenvalue weighted by atomic mass is 19.1. The monoisotopic (exact) mass is 226 g/mol. The van der Waals surface area contributed by atoms with Crippen molar-refractivity contribution in [1.82, 2.24) is 0 Å². The van der Waals surface area contributed by atoms with E-state index >= 15 is 0 Å². The minimum atomic E-state index is -0.578. The van der Waals surface area contributed by atoms with Crippen LogP contribution in [-0.4, -0.2) is 11.5 Å². The zero-order chi connectivity index (χ0) is 12.0. The normalized spacial score (nSPS) is 10.1. The first-order valence-electron chi connectivity index (χ1n) is 5.33. The van der Waals surface area contributed by atoms with Gasteiger partial charge in [-0.2, -0.15) is 0 Å². The predicted molar refractivity (Wildman–Crippen MR) is 61.1 cm³/mol. The van der Waals surface area contributed by atoms with Gasteiger partial charge < -0.3 is 5.32 Å². The second-order valence-corrected chi connectivity index (χ2v) is 3.52. The number of nitrogens with one attached hydrogen (secondary N) is 1. The van der Waals surface area contributed by atoms with Crippen LogP contribution in [-0.2, 0) is 0 Å². The third-order valence-corrected chi connectivity index (χ3v) is 2.27. The fourth-order valence-electron chi connectivity index (χ4n) is 1.43. The molecule has 0 spiro atoms. The molecule has 16 heavy (non-hydrogen) atoms. The summed E-state index contributed by atoms with van der Waals surface area (Å²) in [4.78, 5) is 10.1. The summed E-state index contributed by atoms with van der Waals surface area (Å²) in [7, 11) is 0. The third-order valence-electron chi connectivity index (χ3n) is 2.27. The average molecular weight is 226 g/mol. The molecular weight excluding hydrogens is 211 g/mol. The van der Waals surface area contributed by atoms with Crippen molar-refractivity contribution in [3.05, 3.63) is 34.1 Å². The van der Waals surface area contributed by atoms with Crippen LogP contribution < -0.4 is 5.32 Å². The molecule has 0 aromatic heterocycles. The fourth-order valence-corrected chi connectivity index (χ4v) is 1.43. The lowest BCUT2D eigenvalue weighted by Gasteiger charge is -2.07.